The Morgan fingerprint density at radius 2 is 1.13 bits per heavy atom. The summed E-state index contributed by atoms with van der Waals surface area (Å²) in [6.07, 6.45) is 2.37. The van der Waals surface area contributed by atoms with Gasteiger partial charge in [0, 0.05) is 44.0 Å². The van der Waals surface area contributed by atoms with Crippen LogP contribution in [0.4, 0.5) is 17.1 Å². The Hall–Kier alpha value is -5.22. The molecule has 0 spiro atoms. The van der Waals surface area contributed by atoms with Gasteiger partial charge in [0.2, 0.25) is 6.71 Å². The van der Waals surface area contributed by atoms with Crippen LogP contribution < -0.4 is 21.3 Å². The van der Waals surface area contributed by atoms with Crippen LogP contribution >= 0.6 is 0 Å². The molecular weight excluding hydrogens is 669 g/mol. The van der Waals surface area contributed by atoms with Crippen molar-refractivity contribution in [1.29, 1.82) is 0 Å². The van der Waals surface area contributed by atoms with E-state index in [1.165, 1.54) is 84.9 Å². The third-order valence-corrected chi connectivity index (χ3v) is 13.9. The molecule has 6 aromatic carbocycles. The summed E-state index contributed by atoms with van der Waals surface area (Å²) in [5, 5.41) is 4.66. The second-order valence-electron chi connectivity index (χ2n) is 19.6. The number of para-hydroxylation sites is 2. The van der Waals surface area contributed by atoms with Crippen LogP contribution in [0.3, 0.4) is 0 Å². The molecule has 3 aliphatic rings. The van der Waals surface area contributed by atoms with Crippen LogP contribution in [0.1, 0.15) is 103 Å². The maximum Gasteiger partial charge on any atom is 0.247 e. The molecule has 0 bridgehead atoms. The summed E-state index contributed by atoms with van der Waals surface area (Å²) in [5.74, 6) is 0. The van der Waals surface area contributed by atoms with Crippen LogP contribution in [-0.4, -0.2) is 6.71 Å². The average molecular weight is 718 g/mol. The van der Waals surface area contributed by atoms with Crippen molar-refractivity contribution >= 4 is 84.0 Å². The highest BCUT2D eigenvalue weighted by Crippen LogP contribution is 2.51. The highest BCUT2D eigenvalue weighted by Gasteiger charge is 2.48. The topological polar surface area (TPSA) is 29.5 Å². The number of furan rings is 2. The van der Waals surface area contributed by atoms with Crippen molar-refractivity contribution in [3.8, 4) is 0 Å². The van der Waals surface area contributed by atoms with E-state index < -0.39 is 0 Å². The predicted molar refractivity (Wildman–Crippen MR) is 233 cm³/mol. The fraction of sp³-hybridized carbons (Fsp3) is 0.294. The van der Waals surface area contributed by atoms with E-state index in [0.717, 1.165) is 33.1 Å². The van der Waals surface area contributed by atoms with Crippen molar-refractivity contribution in [3.05, 3.63) is 131 Å². The van der Waals surface area contributed by atoms with Gasteiger partial charge < -0.3 is 13.7 Å². The molecule has 0 unspecified atom stereocenters. The molecule has 2 aliphatic heterocycles. The first kappa shape index (κ1) is 33.2. The quantitative estimate of drug-likeness (QED) is 0.158. The van der Waals surface area contributed by atoms with E-state index in [0.29, 0.717) is 0 Å². The van der Waals surface area contributed by atoms with Crippen LogP contribution in [0.15, 0.2) is 112 Å². The van der Waals surface area contributed by atoms with Gasteiger partial charge in [0.25, 0.3) is 0 Å². The first-order valence-electron chi connectivity index (χ1n) is 20.2. The minimum Gasteiger partial charge on any atom is -0.456 e. The van der Waals surface area contributed by atoms with Crippen molar-refractivity contribution < 1.29 is 8.83 Å². The summed E-state index contributed by atoms with van der Waals surface area (Å²) in [5.41, 5.74) is 18.4. The molecule has 0 amide bonds. The smallest absolute Gasteiger partial charge is 0.247 e. The Balaban J connectivity index is 1.28. The summed E-state index contributed by atoms with van der Waals surface area (Å²) in [6.45, 7) is 21.7. The number of rotatable bonds is 1. The molecule has 2 aromatic heterocycles. The standard InChI is InChI=1S/C51H48BNO2/c1-48(2,3)29-22-38-47-42(23-29)53(30-18-19-35-36(24-30)50(6,7)21-20-49(35,4)5)41-26-34-32-15-11-13-17-44(32)55-46(34)28-40(41)52(47)39-27-45-33(25-37(39)51(38,8)9)31-14-10-12-16-43(31)54-45/h10-19,22-28H,20-21H2,1-9H3. The highest BCUT2D eigenvalue weighted by molar-refractivity contribution is 6.99. The zero-order chi connectivity index (χ0) is 38.0. The summed E-state index contributed by atoms with van der Waals surface area (Å²) < 4.78 is 13.3. The monoisotopic (exact) mass is 717 g/mol. The van der Waals surface area contributed by atoms with Crippen LogP contribution in [0.5, 0.6) is 0 Å². The number of fused-ring (bicyclic) bond motifs is 11. The molecule has 0 saturated carbocycles. The van der Waals surface area contributed by atoms with E-state index in [1.54, 1.807) is 0 Å². The SMILES string of the molecule is CC(C)(C)c1cc2c3c(c1)C(C)(C)c1cc4c(cc1B3c1cc3oc5ccccc5c3cc1N2c1ccc2c(c1)C(C)(C)CCC2(C)C)oc1ccccc14. The number of benzene rings is 6. The third-order valence-electron chi connectivity index (χ3n) is 13.9. The van der Waals surface area contributed by atoms with Crippen molar-refractivity contribution in [2.45, 2.75) is 96.8 Å². The number of anilines is 3. The molecule has 8 aromatic rings. The van der Waals surface area contributed by atoms with Gasteiger partial charge >= 0.3 is 0 Å². The first-order valence-corrected chi connectivity index (χ1v) is 20.2. The zero-order valence-electron chi connectivity index (χ0n) is 33.6. The largest absolute Gasteiger partial charge is 0.456 e. The van der Waals surface area contributed by atoms with Gasteiger partial charge in [-0.15, -0.1) is 0 Å². The van der Waals surface area contributed by atoms with Gasteiger partial charge in [0.15, 0.2) is 0 Å². The van der Waals surface area contributed by atoms with Gasteiger partial charge in [-0.3, -0.25) is 0 Å². The van der Waals surface area contributed by atoms with Crippen molar-refractivity contribution in [2.24, 2.45) is 0 Å². The lowest BCUT2D eigenvalue weighted by molar-refractivity contribution is 0.332. The Morgan fingerprint density at radius 3 is 1.78 bits per heavy atom. The fourth-order valence-corrected chi connectivity index (χ4v) is 10.6. The molecule has 4 heterocycles. The molecule has 272 valence electrons. The van der Waals surface area contributed by atoms with E-state index >= 15 is 0 Å². The van der Waals surface area contributed by atoms with E-state index in [2.05, 4.69) is 170 Å². The summed E-state index contributed by atoms with van der Waals surface area (Å²) >= 11 is 0. The van der Waals surface area contributed by atoms with E-state index in [-0.39, 0.29) is 28.4 Å². The van der Waals surface area contributed by atoms with Gasteiger partial charge in [0.05, 0.1) is 0 Å². The molecule has 0 radical (unpaired) electrons. The minimum absolute atomic E-state index is 0.00322. The Bertz CT molecular complexity index is 2960. The van der Waals surface area contributed by atoms with E-state index in [9.17, 15) is 0 Å². The van der Waals surface area contributed by atoms with Crippen LogP contribution in [0.25, 0.3) is 43.9 Å². The molecular formula is C51H48BNO2. The lowest BCUT2D eigenvalue weighted by atomic mass is 9.30. The van der Waals surface area contributed by atoms with Crippen molar-refractivity contribution in [1.82, 2.24) is 0 Å². The van der Waals surface area contributed by atoms with Gasteiger partial charge in [-0.25, -0.2) is 0 Å². The predicted octanol–water partition coefficient (Wildman–Crippen LogP) is 12.1. The number of hydrogen-bond donors (Lipinski definition) is 0. The third kappa shape index (κ3) is 4.46. The molecule has 0 atom stereocenters. The van der Waals surface area contributed by atoms with Gasteiger partial charge in [-0.1, -0.05) is 116 Å². The van der Waals surface area contributed by atoms with Gasteiger partial charge in [-0.05, 0) is 122 Å². The van der Waals surface area contributed by atoms with Gasteiger partial charge in [0.1, 0.15) is 22.3 Å². The average Bonchev–Trinajstić information content (AvgIpc) is 3.70. The molecule has 0 N–H and O–H groups in total. The lowest BCUT2D eigenvalue weighted by Crippen LogP contribution is -2.64. The Morgan fingerprint density at radius 1 is 0.527 bits per heavy atom. The van der Waals surface area contributed by atoms with Crippen molar-refractivity contribution in [2.75, 3.05) is 4.90 Å². The maximum absolute atomic E-state index is 6.68. The Kier molecular flexibility index (Phi) is 6.36. The highest BCUT2D eigenvalue weighted by atomic mass is 16.3. The minimum atomic E-state index is -0.266. The molecule has 4 heteroatoms. The maximum atomic E-state index is 6.68. The van der Waals surface area contributed by atoms with E-state index in [1.807, 2.05) is 0 Å². The van der Waals surface area contributed by atoms with Crippen molar-refractivity contribution in [3.63, 3.8) is 0 Å². The summed E-state index contributed by atoms with van der Waals surface area (Å²) in [4.78, 5) is 2.61. The molecule has 11 rings (SSSR count). The normalized spacial score (nSPS) is 17.8. The lowest BCUT2D eigenvalue weighted by Gasteiger charge is -2.47. The number of hydrogen-bond acceptors (Lipinski definition) is 3. The second kappa shape index (κ2) is 10.5. The van der Waals surface area contributed by atoms with Gasteiger partial charge in [-0.2, -0.15) is 0 Å². The van der Waals surface area contributed by atoms with Crippen LogP contribution in [0.2, 0.25) is 0 Å². The summed E-state index contributed by atoms with van der Waals surface area (Å²) in [6, 6.07) is 39.0. The van der Waals surface area contributed by atoms with Crippen LogP contribution in [-0.2, 0) is 21.7 Å². The molecule has 0 saturated heterocycles. The molecule has 55 heavy (non-hydrogen) atoms. The molecule has 3 nitrogen and oxygen atoms in total. The Labute approximate surface area is 324 Å². The fourth-order valence-electron chi connectivity index (χ4n) is 10.6. The first-order chi connectivity index (χ1) is 26.1. The second-order valence-corrected chi connectivity index (χ2v) is 19.6. The number of nitrogens with zero attached hydrogens (tertiary/aromatic N) is 1. The molecule has 1 aliphatic carbocycles. The zero-order valence-corrected chi connectivity index (χ0v) is 33.6. The summed E-state index contributed by atoms with van der Waals surface area (Å²) in [7, 11) is 0. The molecule has 0 fully saturated rings. The van der Waals surface area contributed by atoms with Crippen LogP contribution in [0, 0.1) is 0 Å². The van der Waals surface area contributed by atoms with E-state index in [4.69, 9.17) is 8.83 Å².